The lowest BCUT2D eigenvalue weighted by molar-refractivity contribution is 1.02. The van der Waals surface area contributed by atoms with E-state index in [-0.39, 0.29) is 6.71 Å². The van der Waals surface area contributed by atoms with Gasteiger partial charge in [-0.15, -0.1) is 0 Å². The summed E-state index contributed by atoms with van der Waals surface area (Å²) in [4.78, 5) is 15.8. The summed E-state index contributed by atoms with van der Waals surface area (Å²) in [5, 5.41) is 4.82. The van der Waals surface area contributed by atoms with Gasteiger partial charge < -0.3 is 9.13 Å². The van der Waals surface area contributed by atoms with Gasteiger partial charge in [0.05, 0.1) is 22.1 Å². The second kappa shape index (κ2) is 13.8. The van der Waals surface area contributed by atoms with Gasteiger partial charge in [0.25, 0.3) is 6.71 Å². The van der Waals surface area contributed by atoms with Crippen molar-refractivity contribution in [1.29, 1.82) is 0 Å². The zero-order valence-corrected chi connectivity index (χ0v) is 31.2. The minimum absolute atomic E-state index is 0.304. The van der Waals surface area contributed by atoms with E-state index >= 15 is 0 Å². The number of rotatable bonds is 7. The molecule has 5 nitrogen and oxygen atoms in total. The molecule has 0 bridgehead atoms. The van der Waals surface area contributed by atoms with Crippen molar-refractivity contribution in [2.24, 2.45) is 0 Å². The molecule has 57 heavy (non-hydrogen) atoms. The molecule has 1 aliphatic carbocycles. The van der Waals surface area contributed by atoms with Crippen LogP contribution in [0.25, 0.3) is 77.8 Å². The molecule has 0 aliphatic heterocycles. The number of aromatic nitrogens is 5. The third kappa shape index (κ3) is 5.68. The van der Waals surface area contributed by atoms with Crippen LogP contribution in [0.2, 0.25) is 0 Å². The summed E-state index contributed by atoms with van der Waals surface area (Å²) < 4.78 is 4.77. The Hall–Kier alpha value is -7.31. The second-order valence-electron chi connectivity index (χ2n) is 14.7. The molecule has 3 aromatic heterocycles. The molecular weight excluding hydrogens is 693 g/mol. The Kier molecular flexibility index (Phi) is 7.99. The van der Waals surface area contributed by atoms with Crippen molar-refractivity contribution in [3.63, 3.8) is 0 Å². The maximum atomic E-state index is 5.35. The summed E-state index contributed by atoms with van der Waals surface area (Å²) in [6.45, 7) is -0.304. The number of allylic oxidation sites excluding steroid dienone is 4. The van der Waals surface area contributed by atoms with Gasteiger partial charge in [-0.3, -0.25) is 0 Å². The Labute approximate surface area is 331 Å². The lowest BCUT2D eigenvalue weighted by Crippen LogP contribution is -2.55. The monoisotopic (exact) mass is 729 g/mol. The smallest absolute Gasteiger partial charge is 0.290 e. The van der Waals surface area contributed by atoms with Gasteiger partial charge in [-0.05, 0) is 55.3 Å². The molecule has 0 saturated heterocycles. The van der Waals surface area contributed by atoms with Crippen LogP contribution in [0.15, 0.2) is 194 Å². The molecule has 11 rings (SSSR count). The van der Waals surface area contributed by atoms with Crippen LogP contribution in [0.4, 0.5) is 0 Å². The summed E-state index contributed by atoms with van der Waals surface area (Å²) in [5.74, 6) is 1.31. The van der Waals surface area contributed by atoms with Crippen molar-refractivity contribution < 1.29 is 0 Å². The van der Waals surface area contributed by atoms with Crippen LogP contribution >= 0.6 is 0 Å². The highest BCUT2D eigenvalue weighted by atomic mass is 15.0. The predicted octanol–water partition coefficient (Wildman–Crippen LogP) is 10.1. The van der Waals surface area contributed by atoms with Gasteiger partial charge in [-0.1, -0.05) is 163 Å². The van der Waals surface area contributed by atoms with Crippen molar-refractivity contribution in [2.45, 2.75) is 12.8 Å². The summed E-state index contributed by atoms with van der Waals surface area (Å²) >= 11 is 0. The number of hydrogen-bond donors (Lipinski definition) is 0. The Morgan fingerprint density at radius 3 is 1.47 bits per heavy atom. The van der Waals surface area contributed by atoms with Crippen molar-refractivity contribution in [1.82, 2.24) is 24.1 Å². The van der Waals surface area contributed by atoms with Crippen LogP contribution in [-0.2, 0) is 0 Å². The van der Waals surface area contributed by atoms with Gasteiger partial charge >= 0.3 is 0 Å². The van der Waals surface area contributed by atoms with E-state index < -0.39 is 0 Å². The van der Waals surface area contributed by atoms with Crippen LogP contribution in [0.5, 0.6) is 0 Å². The first-order valence-corrected chi connectivity index (χ1v) is 19.6. The summed E-state index contributed by atoms with van der Waals surface area (Å²) in [6, 6.07) is 62.4. The van der Waals surface area contributed by atoms with Gasteiger partial charge in [-0.25, -0.2) is 15.0 Å². The van der Waals surface area contributed by atoms with Crippen LogP contribution in [0, 0.1) is 0 Å². The highest BCUT2D eigenvalue weighted by Crippen LogP contribution is 2.34. The quantitative estimate of drug-likeness (QED) is 0.154. The molecule has 268 valence electrons. The lowest BCUT2D eigenvalue weighted by Gasteiger charge is -2.17. The summed E-state index contributed by atoms with van der Waals surface area (Å²) in [7, 11) is 0. The van der Waals surface area contributed by atoms with E-state index in [4.69, 9.17) is 15.0 Å². The van der Waals surface area contributed by atoms with E-state index in [9.17, 15) is 0 Å². The first-order chi connectivity index (χ1) is 28.3. The third-order valence-corrected chi connectivity index (χ3v) is 11.3. The maximum absolute atomic E-state index is 5.35. The standard InChI is InChI=1S/C51H36BN5/c1-5-17-35(18-6-1)49-53-50(36-19-7-2-8-20-36)55-51(54-49)52(37-29-31-47-43(33-37)41-25-13-15-27-45(41)56(47)39-21-9-3-10-22-39)38-30-32-48-44(34-38)42-26-14-16-28-46(42)57(48)40-23-11-4-12-24-40/h1-3,5-11,13-34H,4,12H2. The number of nitrogens with zero attached hydrogens (tertiary/aromatic N) is 5. The lowest BCUT2D eigenvalue weighted by atomic mass is 9.39. The molecule has 1 aliphatic rings. The topological polar surface area (TPSA) is 48.5 Å². The van der Waals surface area contributed by atoms with Crippen LogP contribution in [-0.4, -0.2) is 30.8 Å². The SMILES string of the molecule is C1=CC(n2c3ccccc3c3cc(B(c4ccc5c(c4)c4ccccc4n5-c4ccccc4)c4nc(-c5ccccc5)nc(-c5ccccc5)n4)ccc32)=CCC1. The Bertz CT molecular complexity index is 3120. The second-order valence-corrected chi connectivity index (χ2v) is 14.7. The highest BCUT2D eigenvalue weighted by Gasteiger charge is 2.29. The average molecular weight is 730 g/mol. The fraction of sp³-hybridized carbons (Fsp3) is 0.0392. The Morgan fingerprint density at radius 1 is 0.421 bits per heavy atom. The summed E-state index contributed by atoms with van der Waals surface area (Å²) in [6.07, 6.45) is 9.00. The molecule has 0 radical (unpaired) electrons. The molecular formula is C51H36BN5. The van der Waals surface area contributed by atoms with E-state index in [0.717, 1.165) is 46.1 Å². The minimum atomic E-state index is -0.304. The van der Waals surface area contributed by atoms with E-state index in [1.807, 2.05) is 36.4 Å². The van der Waals surface area contributed by atoms with Crippen molar-refractivity contribution in [3.05, 3.63) is 194 Å². The largest absolute Gasteiger partial charge is 0.310 e. The van der Waals surface area contributed by atoms with E-state index in [1.54, 1.807) is 0 Å². The number of para-hydroxylation sites is 3. The van der Waals surface area contributed by atoms with Gasteiger partial charge in [0, 0.05) is 44.1 Å². The number of benzene rings is 7. The molecule has 0 spiro atoms. The van der Waals surface area contributed by atoms with Crippen LogP contribution < -0.4 is 16.6 Å². The van der Waals surface area contributed by atoms with E-state index in [2.05, 4.69) is 167 Å². The Morgan fingerprint density at radius 2 is 0.912 bits per heavy atom. The molecule has 0 unspecified atom stereocenters. The first kappa shape index (κ1) is 33.1. The van der Waals surface area contributed by atoms with E-state index in [0.29, 0.717) is 17.4 Å². The maximum Gasteiger partial charge on any atom is 0.290 e. The molecule has 6 heteroatoms. The average Bonchev–Trinajstić information content (AvgIpc) is 3.80. The molecule has 0 N–H and O–H groups in total. The normalized spacial score (nSPS) is 12.8. The fourth-order valence-corrected chi connectivity index (χ4v) is 8.68. The van der Waals surface area contributed by atoms with Crippen molar-refractivity contribution >= 4 is 72.7 Å². The Balaban J connectivity index is 1.19. The number of fused-ring (bicyclic) bond motifs is 6. The fourth-order valence-electron chi connectivity index (χ4n) is 8.68. The third-order valence-electron chi connectivity index (χ3n) is 11.3. The van der Waals surface area contributed by atoms with Gasteiger partial charge in [0.1, 0.15) is 5.72 Å². The van der Waals surface area contributed by atoms with Gasteiger partial charge in [-0.2, -0.15) is 0 Å². The van der Waals surface area contributed by atoms with Crippen molar-refractivity contribution in [2.75, 3.05) is 0 Å². The first-order valence-electron chi connectivity index (χ1n) is 19.6. The van der Waals surface area contributed by atoms with Gasteiger partial charge in [0.2, 0.25) is 0 Å². The van der Waals surface area contributed by atoms with Crippen molar-refractivity contribution in [3.8, 4) is 28.5 Å². The number of hydrogen-bond acceptors (Lipinski definition) is 3. The zero-order chi connectivity index (χ0) is 37.7. The zero-order valence-electron chi connectivity index (χ0n) is 31.2. The molecule has 7 aromatic carbocycles. The highest BCUT2D eigenvalue weighted by molar-refractivity contribution is 6.94. The van der Waals surface area contributed by atoms with E-state index in [1.165, 1.54) is 43.8 Å². The predicted molar refractivity (Wildman–Crippen MR) is 238 cm³/mol. The molecule has 3 heterocycles. The van der Waals surface area contributed by atoms with Crippen LogP contribution in [0.3, 0.4) is 0 Å². The summed E-state index contributed by atoms with van der Waals surface area (Å²) in [5.41, 5.74) is 11.9. The molecule has 0 atom stereocenters. The molecule has 0 saturated carbocycles. The molecule has 10 aromatic rings. The minimum Gasteiger partial charge on any atom is -0.310 e. The van der Waals surface area contributed by atoms with Gasteiger partial charge in [0.15, 0.2) is 11.6 Å². The van der Waals surface area contributed by atoms with Crippen LogP contribution in [0.1, 0.15) is 12.8 Å². The molecule has 0 amide bonds. The molecule has 0 fully saturated rings.